The minimum absolute atomic E-state index is 0.00138. The average Bonchev–Trinajstić information content (AvgIpc) is 2.43. The first-order valence-electron chi connectivity index (χ1n) is 7.49. The first kappa shape index (κ1) is 16.6. The smallest absolute Gasteiger partial charge is 0.242 e. The Balaban J connectivity index is 2.04. The highest BCUT2D eigenvalue weighted by atomic mass is 35.5. The van der Waals surface area contributed by atoms with Gasteiger partial charge in [0.2, 0.25) is 10.0 Å². The van der Waals surface area contributed by atoms with Crippen LogP contribution >= 0.6 is 11.6 Å². The van der Waals surface area contributed by atoms with Crippen LogP contribution in [0.3, 0.4) is 0 Å². The van der Waals surface area contributed by atoms with E-state index < -0.39 is 10.0 Å². The Hall–Kier alpha value is -0.780. The van der Waals surface area contributed by atoms with E-state index in [-0.39, 0.29) is 16.6 Å². The average molecular weight is 331 g/mol. The Kier molecular flexibility index (Phi) is 5.52. The predicted molar refractivity (Wildman–Crippen MR) is 86.8 cm³/mol. The van der Waals surface area contributed by atoms with E-state index in [0.29, 0.717) is 5.02 Å². The molecule has 2 rings (SSSR count). The van der Waals surface area contributed by atoms with E-state index in [0.717, 1.165) is 31.6 Å². The van der Waals surface area contributed by atoms with Crippen LogP contribution in [0.4, 0.5) is 5.69 Å². The second-order valence-corrected chi connectivity index (χ2v) is 7.93. The molecule has 6 heteroatoms. The van der Waals surface area contributed by atoms with Crippen LogP contribution in [0, 0.1) is 5.92 Å². The van der Waals surface area contributed by atoms with Gasteiger partial charge in [-0.25, -0.2) is 13.1 Å². The van der Waals surface area contributed by atoms with Crippen molar-refractivity contribution in [2.75, 3.05) is 5.73 Å². The number of nitrogen functional groups attached to an aromatic ring is 1. The highest BCUT2D eigenvalue weighted by Crippen LogP contribution is 2.29. The lowest BCUT2D eigenvalue weighted by Gasteiger charge is -2.28. The van der Waals surface area contributed by atoms with Gasteiger partial charge in [0.05, 0.1) is 5.69 Å². The summed E-state index contributed by atoms with van der Waals surface area (Å²) in [6.45, 7) is 2.19. The highest BCUT2D eigenvalue weighted by molar-refractivity contribution is 7.89. The lowest BCUT2D eigenvalue weighted by molar-refractivity contribution is 0.297. The van der Waals surface area contributed by atoms with Gasteiger partial charge < -0.3 is 5.73 Å². The molecule has 0 radical (unpaired) electrons. The van der Waals surface area contributed by atoms with Crippen molar-refractivity contribution in [1.29, 1.82) is 0 Å². The molecule has 21 heavy (non-hydrogen) atoms. The van der Waals surface area contributed by atoms with Crippen LogP contribution < -0.4 is 10.5 Å². The third kappa shape index (κ3) is 4.34. The zero-order valence-electron chi connectivity index (χ0n) is 12.3. The zero-order chi connectivity index (χ0) is 15.5. The lowest BCUT2D eigenvalue weighted by atomic mass is 9.84. The summed E-state index contributed by atoms with van der Waals surface area (Å²) in [5.74, 6) is 0.743. The molecule has 1 aliphatic carbocycles. The topological polar surface area (TPSA) is 72.2 Å². The van der Waals surface area contributed by atoms with Gasteiger partial charge in [0, 0.05) is 11.1 Å². The zero-order valence-corrected chi connectivity index (χ0v) is 13.9. The maximum absolute atomic E-state index is 12.4. The van der Waals surface area contributed by atoms with Gasteiger partial charge in [0.1, 0.15) is 4.90 Å². The fraction of sp³-hybridized carbons (Fsp3) is 0.600. The molecule has 0 aliphatic heterocycles. The van der Waals surface area contributed by atoms with Crippen molar-refractivity contribution in [2.24, 2.45) is 5.92 Å². The Bertz CT molecular complexity index is 581. The van der Waals surface area contributed by atoms with Gasteiger partial charge in [-0.05, 0) is 49.8 Å². The molecule has 0 atom stereocenters. The molecule has 1 aliphatic rings. The first-order valence-corrected chi connectivity index (χ1v) is 9.36. The number of hydrogen-bond donors (Lipinski definition) is 2. The van der Waals surface area contributed by atoms with E-state index in [1.807, 2.05) is 0 Å². The van der Waals surface area contributed by atoms with Gasteiger partial charge in [-0.15, -0.1) is 0 Å². The van der Waals surface area contributed by atoms with Crippen molar-refractivity contribution >= 4 is 27.3 Å². The van der Waals surface area contributed by atoms with Crippen LogP contribution in [0.1, 0.15) is 45.4 Å². The number of benzene rings is 1. The second-order valence-electron chi connectivity index (χ2n) is 5.81. The minimum Gasteiger partial charge on any atom is -0.398 e. The minimum atomic E-state index is -3.60. The van der Waals surface area contributed by atoms with Gasteiger partial charge in [0.25, 0.3) is 0 Å². The van der Waals surface area contributed by atoms with Gasteiger partial charge in [-0.1, -0.05) is 31.4 Å². The molecule has 0 amide bonds. The standard InChI is InChI=1S/C15H23ClN2O2S/c1-2-3-11-4-7-13(8-5-11)18-21(19,20)15-10-12(16)6-9-14(15)17/h6,9-11,13,18H,2-5,7-8,17H2,1H3. The Morgan fingerprint density at radius 1 is 1.29 bits per heavy atom. The molecule has 0 saturated heterocycles. The molecule has 118 valence electrons. The molecule has 0 unspecified atom stereocenters. The number of anilines is 1. The number of sulfonamides is 1. The van der Waals surface area contributed by atoms with Gasteiger partial charge in [-0.2, -0.15) is 0 Å². The molecule has 0 bridgehead atoms. The van der Waals surface area contributed by atoms with Gasteiger partial charge in [-0.3, -0.25) is 0 Å². The highest BCUT2D eigenvalue weighted by Gasteiger charge is 2.26. The molecule has 0 aromatic heterocycles. The second kappa shape index (κ2) is 6.99. The van der Waals surface area contributed by atoms with E-state index in [2.05, 4.69) is 11.6 Å². The third-order valence-corrected chi connectivity index (χ3v) is 5.94. The summed E-state index contributed by atoms with van der Waals surface area (Å²) in [6, 6.07) is 4.52. The fourth-order valence-corrected chi connectivity index (χ4v) is 4.70. The molecule has 1 aromatic carbocycles. The van der Waals surface area contributed by atoms with Crippen LogP contribution in [0.2, 0.25) is 5.02 Å². The van der Waals surface area contributed by atoms with E-state index in [9.17, 15) is 8.42 Å². The van der Waals surface area contributed by atoms with Crippen molar-refractivity contribution in [1.82, 2.24) is 4.72 Å². The molecule has 1 saturated carbocycles. The number of halogens is 1. The van der Waals surface area contributed by atoms with E-state index in [1.165, 1.54) is 25.0 Å². The largest absolute Gasteiger partial charge is 0.398 e. The Morgan fingerprint density at radius 3 is 2.57 bits per heavy atom. The molecule has 0 spiro atoms. The van der Waals surface area contributed by atoms with E-state index >= 15 is 0 Å². The summed E-state index contributed by atoms with van der Waals surface area (Å²) in [5, 5.41) is 0.372. The fourth-order valence-electron chi connectivity index (χ4n) is 3.00. The van der Waals surface area contributed by atoms with Gasteiger partial charge >= 0.3 is 0 Å². The van der Waals surface area contributed by atoms with E-state index in [4.69, 9.17) is 17.3 Å². The molecular weight excluding hydrogens is 308 g/mol. The first-order chi connectivity index (χ1) is 9.92. The van der Waals surface area contributed by atoms with Gasteiger partial charge in [0.15, 0.2) is 0 Å². The van der Waals surface area contributed by atoms with Crippen molar-refractivity contribution < 1.29 is 8.42 Å². The monoisotopic (exact) mass is 330 g/mol. The third-order valence-electron chi connectivity index (χ3n) is 4.13. The molecule has 3 N–H and O–H groups in total. The lowest BCUT2D eigenvalue weighted by Crippen LogP contribution is -2.37. The predicted octanol–water partition coefficient (Wildman–Crippen LogP) is 3.56. The van der Waals surface area contributed by atoms with Crippen molar-refractivity contribution in [3.05, 3.63) is 23.2 Å². The van der Waals surface area contributed by atoms with E-state index in [1.54, 1.807) is 6.07 Å². The molecule has 1 aromatic rings. The summed E-state index contributed by atoms with van der Waals surface area (Å²) in [6.07, 6.45) is 6.40. The quantitative estimate of drug-likeness (QED) is 0.811. The summed E-state index contributed by atoms with van der Waals surface area (Å²) in [5.41, 5.74) is 5.99. The number of hydrogen-bond acceptors (Lipinski definition) is 3. The summed E-state index contributed by atoms with van der Waals surface area (Å²) in [7, 11) is -3.60. The molecular formula is C15H23ClN2O2S. The number of nitrogens with one attached hydrogen (secondary N) is 1. The Morgan fingerprint density at radius 2 is 1.95 bits per heavy atom. The summed E-state index contributed by atoms with van der Waals surface area (Å²) in [4.78, 5) is 0.0747. The SMILES string of the molecule is CCCC1CCC(NS(=O)(=O)c2cc(Cl)ccc2N)CC1. The van der Waals surface area contributed by atoms with Crippen LogP contribution in [-0.2, 0) is 10.0 Å². The van der Waals surface area contributed by atoms with Crippen LogP contribution in [-0.4, -0.2) is 14.5 Å². The van der Waals surface area contributed by atoms with Crippen molar-refractivity contribution in [2.45, 2.75) is 56.4 Å². The summed E-state index contributed by atoms with van der Waals surface area (Å²) >= 11 is 5.87. The number of nitrogens with two attached hydrogens (primary N) is 1. The maximum atomic E-state index is 12.4. The summed E-state index contributed by atoms with van der Waals surface area (Å²) < 4.78 is 27.6. The Labute approximate surface area is 132 Å². The maximum Gasteiger partial charge on any atom is 0.242 e. The molecule has 1 fully saturated rings. The number of rotatable bonds is 5. The van der Waals surface area contributed by atoms with Crippen LogP contribution in [0.5, 0.6) is 0 Å². The van der Waals surface area contributed by atoms with Crippen molar-refractivity contribution in [3.8, 4) is 0 Å². The van der Waals surface area contributed by atoms with Crippen LogP contribution in [0.25, 0.3) is 0 Å². The van der Waals surface area contributed by atoms with Crippen molar-refractivity contribution in [3.63, 3.8) is 0 Å². The normalized spacial score (nSPS) is 23.1. The molecule has 0 heterocycles. The van der Waals surface area contributed by atoms with Crippen LogP contribution in [0.15, 0.2) is 23.1 Å². The molecule has 4 nitrogen and oxygen atoms in total.